The summed E-state index contributed by atoms with van der Waals surface area (Å²) in [4.78, 5) is 51.8. The van der Waals surface area contributed by atoms with Crippen molar-refractivity contribution in [2.45, 2.75) is 57.8 Å². The standard InChI is InChI=1S/C29H33F4N3O7/c1-29(2,3)43-22(38)14-20(21(37)15-42-25-23(32)18(30)13-19(31)24(25)33)35-26(39)16-9-11-36(12-10-16)28(41)27(40)34-17-7-5-4-6-8-17/h4-8,13,16,20-21,37H,9-12,14-15H2,1-3H3,(H,34,40)(H,35,39)/t20-,21?/m0/s1. The first-order chi connectivity index (χ1) is 20.2. The number of anilines is 1. The third-order valence-electron chi connectivity index (χ3n) is 6.45. The Hall–Kier alpha value is -4.20. The molecule has 2 aromatic carbocycles. The summed E-state index contributed by atoms with van der Waals surface area (Å²) in [5, 5.41) is 15.7. The van der Waals surface area contributed by atoms with Gasteiger partial charge in [-0.05, 0) is 45.7 Å². The highest BCUT2D eigenvalue weighted by atomic mass is 19.2. The van der Waals surface area contributed by atoms with Gasteiger partial charge in [0.1, 0.15) is 18.3 Å². The lowest BCUT2D eigenvalue weighted by molar-refractivity contribution is -0.156. The summed E-state index contributed by atoms with van der Waals surface area (Å²) < 4.78 is 65.2. The minimum atomic E-state index is -1.82. The van der Waals surface area contributed by atoms with E-state index >= 15 is 0 Å². The van der Waals surface area contributed by atoms with Gasteiger partial charge in [0.05, 0.1) is 12.5 Å². The van der Waals surface area contributed by atoms with Crippen molar-refractivity contribution in [3.05, 3.63) is 59.7 Å². The number of nitrogens with zero attached hydrogens (tertiary/aromatic N) is 1. The summed E-state index contributed by atoms with van der Waals surface area (Å²) in [6.45, 7) is 3.98. The van der Waals surface area contributed by atoms with E-state index in [-0.39, 0.29) is 32.0 Å². The van der Waals surface area contributed by atoms with Gasteiger partial charge in [-0.25, -0.2) is 8.78 Å². The molecule has 1 heterocycles. The Kier molecular flexibility index (Phi) is 11.1. The maximum absolute atomic E-state index is 14.0. The second-order valence-electron chi connectivity index (χ2n) is 11.0. The maximum atomic E-state index is 14.0. The van der Waals surface area contributed by atoms with E-state index in [0.29, 0.717) is 5.69 Å². The van der Waals surface area contributed by atoms with E-state index < -0.39 is 89.4 Å². The molecule has 1 fully saturated rings. The molecule has 2 atom stereocenters. The lowest BCUT2D eigenvalue weighted by Crippen LogP contribution is -2.51. The van der Waals surface area contributed by atoms with Crippen LogP contribution in [0.15, 0.2) is 36.4 Å². The van der Waals surface area contributed by atoms with E-state index in [9.17, 15) is 41.8 Å². The number of aliphatic hydroxyl groups excluding tert-OH is 1. The van der Waals surface area contributed by atoms with Gasteiger partial charge < -0.3 is 30.1 Å². The van der Waals surface area contributed by atoms with Crippen LogP contribution in [-0.4, -0.2) is 71.1 Å². The van der Waals surface area contributed by atoms with E-state index in [2.05, 4.69) is 10.6 Å². The number of hydrogen-bond acceptors (Lipinski definition) is 7. The van der Waals surface area contributed by atoms with Crippen LogP contribution in [0.4, 0.5) is 23.2 Å². The Morgan fingerprint density at radius 2 is 1.58 bits per heavy atom. The van der Waals surface area contributed by atoms with Gasteiger partial charge in [0.2, 0.25) is 17.5 Å². The SMILES string of the molecule is CC(C)(C)OC(=O)C[C@H](NC(=O)C1CCN(C(=O)C(=O)Nc2ccccc2)CC1)C(O)COc1c(F)c(F)cc(F)c1F. The molecule has 0 radical (unpaired) electrons. The first-order valence-corrected chi connectivity index (χ1v) is 13.5. The molecule has 1 saturated heterocycles. The fourth-order valence-corrected chi connectivity index (χ4v) is 4.30. The van der Waals surface area contributed by atoms with Crippen LogP contribution in [0.5, 0.6) is 5.75 Å². The van der Waals surface area contributed by atoms with Crippen molar-refractivity contribution in [2.75, 3.05) is 25.0 Å². The molecule has 0 saturated carbocycles. The smallest absolute Gasteiger partial charge is 0.313 e. The third kappa shape index (κ3) is 9.40. The number of aliphatic hydroxyl groups is 1. The fourth-order valence-electron chi connectivity index (χ4n) is 4.30. The predicted molar refractivity (Wildman–Crippen MR) is 145 cm³/mol. The Balaban J connectivity index is 1.63. The highest BCUT2D eigenvalue weighted by Crippen LogP contribution is 2.27. The number of likely N-dealkylation sites (tertiary alicyclic amines) is 1. The number of halogens is 4. The van der Waals surface area contributed by atoms with Gasteiger partial charge in [-0.15, -0.1) is 0 Å². The monoisotopic (exact) mass is 611 g/mol. The van der Waals surface area contributed by atoms with Crippen molar-refractivity contribution in [1.29, 1.82) is 0 Å². The van der Waals surface area contributed by atoms with Crippen molar-refractivity contribution >= 4 is 29.4 Å². The largest absolute Gasteiger partial charge is 0.485 e. The first kappa shape index (κ1) is 33.3. The average molecular weight is 612 g/mol. The Morgan fingerprint density at radius 1 is 1.00 bits per heavy atom. The van der Waals surface area contributed by atoms with E-state index in [0.717, 1.165) is 0 Å². The molecule has 43 heavy (non-hydrogen) atoms. The van der Waals surface area contributed by atoms with Crippen LogP contribution >= 0.6 is 0 Å². The molecular weight excluding hydrogens is 578 g/mol. The number of carbonyl (C=O) groups is 4. The molecule has 0 bridgehead atoms. The van der Waals surface area contributed by atoms with E-state index in [1.807, 2.05) is 0 Å². The number of amides is 3. The second-order valence-corrected chi connectivity index (χ2v) is 11.0. The molecule has 10 nitrogen and oxygen atoms in total. The molecule has 2 aromatic rings. The van der Waals surface area contributed by atoms with Crippen molar-refractivity contribution in [3.63, 3.8) is 0 Å². The zero-order chi connectivity index (χ0) is 31.9. The van der Waals surface area contributed by atoms with Crippen molar-refractivity contribution in [2.24, 2.45) is 5.92 Å². The van der Waals surface area contributed by atoms with E-state index in [1.165, 1.54) is 4.90 Å². The molecule has 1 aliphatic heterocycles. The average Bonchev–Trinajstić information content (AvgIpc) is 2.94. The van der Waals surface area contributed by atoms with Gasteiger partial charge in [0, 0.05) is 30.8 Å². The third-order valence-corrected chi connectivity index (χ3v) is 6.45. The van der Waals surface area contributed by atoms with Crippen LogP contribution in [0.3, 0.4) is 0 Å². The predicted octanol–water partition coefficient (Wildman–Crippen LogP) is 3.08. The highest BCUT2D eigenvalue weighted by Gasteiger charge is 2.34. The summed E-state index contributed by atoms with van der Waals surface area (Å²) >= 11 is 0. The second kappa shape index (κ2) is 14.3. The number of para-hydroxylation sites is 1. The number of hydrogen-bond donors (Lipinski definition) is 3. The quantitative estimate of drug-likeness (QED) is 0.172. The van der Waals surface area contributed by atoms with Crippen molar-refractivity contribution in [1.82, 2.24) is 10.2 Å². The van der Waals surface area contributed by atoms with Gasteiger partial charge in [-0.3, -0.25) is 19.2 Å². The maximum Gasteiger partial charge on any atom is 0.313 e. The van der Waals surface area contributed by atoms with Gasteiger partial charge >= 0.3 is 17.8 Å². The van der Waals surface area contributed by atoms with Crippen LogP contribution in [-0.2, 0) is 23.9 Å². The van der Waals surface area contributed by atoms with E-state index in [4.69, 9.17) is 9.47 Å². The molecule has 0 spiro atoms. The number of carbonyl (C=O) groups excluding carboxylic acids is 4. The molecular formula is C29H33F4N3O7. The molecule has 1 aliphatic rings. The highest BCUT2D eigenvalue weighted by molar-refractivity contribution is 6.39. The first-order valence-electron chi connectivity index (χ1n) is 13.5. The summed E-state index contributed by atoms with van der Waals surface area (Å²) in [5.41, 5.74) is -0.466. The number of rotatable bonds is 9. The van der Waals surface area contributed by atoms with Gasteiger partial charge in [0.15, 0.2) is 17.4 Å². The van der Waals surface area contributed by atoms with Gasteiger partial charge in [-0.1, -0.05) is 18.2 Å². The van der Waals surface area contributed by atoms with Gasteiger partial charge in [0.25, 0.3) is 0 Å². The summed E-state index contributed by atoms with van der Waals surface area (Å²) in [6.07, 6.45) is -2.04. The van der Waals surface area contributed by atoms with Crippen LogP contribution in [0.25, 0.3) is 0 Å². The topological polar surface area (TPSA) is 134 Å². The van der Waals surface area contributed by atoms with Crippen LogP contribution < -0.4 is 15.4 Å². The summed E-state index contributed by atoms with van der Waals surface area (Å²) in [5.74, 6) is -12.2. The Morgan fingerprint density at radius 3 is 2.14 bits per heavy atom. The zero-order valence-electron chi connectivity index (χ0n) is 23.8. The molecule has 14 heteroatoms. The normalized spacial score (nSPS) is 15.3. The molecule has 0 aromatic heterocycles. The van der Waals surface area contributed by atoms with Crippen LogP contribution in [0.1, 0.15) is 40.0 Å². The fraction of sp³-hybridized carbons (Fsp3) is 0.448. The number of ether oxygens (including phenoxy) is 2. The lowest BCUT2D eigenvalue weighted by atomic mass is 9.94. The number of nitrogens with one attached hydrogen (secondary N) is 2. The van der Waals surface area contributed by atoms with Crippen molar-refractivity contribution < 1.29 is 51.3 Å². The number of piperidine rings is 1. The van der Waals surface area contributed by atoms with Crippen molar-refractivity contribution in [3.8, 4) is 5.75 Å². The number of esters is 1. The molecule has 3 amide bonds. The molecule has 1 unspecified atom stereocenters. The van der Waals surface area contributed by atoms with Gasteiger partial charge in [-0.2, -0.15) is 8.78 Å². The van der Waals surface area contributed by atoms with E-state index in [1.54, 1.807) is 51.1 Å². The molecule has 234 valence electrons. The van der Waals surface area contributed by atoms with Crippen LogP contribution in [0.2, 0.25) is 0 Å². The summed E-state index contributed by atoms with van der Waals surface area (Å²) in [7, 11) is 0. The number of benzene rings is 2. The minimum Gasteiger partial charge on any atom is -0.485 e. The Bertz CT molecular complexity index is 1300. The minimum absolute atomic E-state index is 0.00589. The zero-order valence-corrected chi connectivity index (χ0v) is 23.8. The lowest BCUT2D eigenvalue weighted by Gasteiger charge is -2.32. The molecule has 3 rings (SSSR count). The molecule has 0 aliphatic carbocycles. The van der Waals surface area contributed by atoms with Crippen LogP contribution in [0, 0.1) is 29.2 Å². The molecule has 3 N–H and O–H groups in total. The summed E-state index contributed by atoms with van der Waals surface area (Å²) in [6, 6.07) is 7.00. The Labute approximate surface area is 245 Å².